The van der Waals surface area contributed by atoms with E-state index in [4.69, 9.17) is 0 Å². The summed E-state index contributed by atoms with van der Waals surface area (Å²) in [6.45, 7) is 0. The van der Waals surface area contributed by atoms with Crippen LogP contribution in [0.15, 0.2) is 0 Å². The molecule has 0 atom stereocenters. The monoisotopic (exact) mass is 180 g/mol. The molecule has 3 rings (SSSR count). The van der Waals surface area contributed by atoms with Gasteiger partial charge in [0.15, 0.2) is 0 Å². The SMILES string of the molecule is C1CCCCC2CC(CCCC1)C2. The van der Waals surface area contributed by atoms with Crippen molar-refractivity contribution in [1.29, 1.82) is 0 Å². The average molecular weight is 180 g/mol. The molecule has 0 unspecified atom stereocenters. The zero-order valence-electron chi connectivity index (χ0n) is 8.93. The van der Waals surface area contributed by atoms with E-state index < -0.39 is 0 Å². The highest BCUT2D eigenvalue weighted by atomic mass is 14.3. The van der Waals surface area contributed by atoms with Crippen LogP contribution in [0.2, 0.25) is 0 Å². The first-order valence-corrected chi connectivity index (χ1v) is 6.45. The van der Waals surface area contributed by atoms with Crippen LogP contribution in [0, 0.1) is 11.8 Å². The number of hydrogen-bond donors (Lipinski definition) is 0. The van der Waals surface area contributed by atoms with Gasteiger partial charge in [0.05, 0.1) is 0 Å². The molecule has 0 amide bonds. The van der Waals surface area contributed by atoms with E-state index in [0.29, 0.717) is 0 Å². The minimum atomic E-state index is 1.14. The van der Waals surface area contributed by atoms with E-state index in [9.17, 15) is 0 Å². The van der Waals surface area contributed by atoms with Gasteiger partial charge in [-0.3, -0.25) is 0 Å². The van der Waals surface area contributed by atoms with E-state index in [1.807, 2.05) is 0 Å². The fourth-order valence-corrected chi connectivity index (χ4v) is 3.10. The van der Waals surface area contributed by atoms with E-state index in [0.717, 1.165) is 11.8 Å². The lowest BCUT2D eigenvalue weighted by molar-refractivity contribution is 0.162. The summed E-state index contributed by atoms with van der Waals surface area (Å²) < 4.78 is 0. The first-order chi connectivity index (χ1) is 6.45. The zero-order valence-corrected chi connectivity index (χ0v) is 8.93. The lowest BCUT2D eigenvalue weighted by Gasteiger charge is -2.36. The van der Waals surface area contributed by atoms with Crippen LogP contribution in [-0.4, -0.2) is 0 Å². The molecule has 2 bridgehead atoms. The highest BCUT2D eigenvalue weighted by Gasteiger charge is 2.27. The van der Waals surface area contributed by atoms with Crippen LogP contribution in [0.3, 0.4) is 0 Å². The largest absolute Gasteiger partial charge is 0.0533 e. The third kappa shape index (κ3) is 3.00. The Kier molecular flexibility index (Phi) is 3.69. The smallest absolute Gasteiger partial charge is 0.0409 e. The molecule has 0 radical (unpaired) electrons. The Hall–Kier alpha value is 0. The summed E-state index contributed by atoms with van der Waals surface area (Å²) in [6, 6.07) is 0. The molecule has 0 heterocycles. The predicted octanol–water partition coefficient (Wildman–Crippen LogP) is 4.54. The molecule has 3 aliphatic carbocycles. The van der Waals surface area contributed by atoms with Crippen molar-refractivity contribution in [3.05, 3.63) is 0 Å². The van der Waals surface area contributed by atoms with E-state index in [1.54, 1.807) is 25.7 Å². The van der Waals surface area contributed by atoms with Gasteiger partial charge in [0.2, 0.25) is 0 Å². The third-order valence-corrected chi connectivity index (χ3v) is 4.06. The van der Waals surface area contributed by atoms with E-state index in [2.05, 4.69) is 0 Å². The molecular formula is C13H24. The second-order valence-corrected chi connectivity index (χ2v) is 5.26. The van der Waals surface area contributed by atoms with Crippen molar-refractivity contribution in [3.63, 3.8) is 0 Å². The third-order valence-electron chi connectivity index (χ3n) is 4.06. The molecule has 0 nitrogen and oxygen atoms in total. The Morgan fingerprint density at radius 2 is 0.846 bits per heavy atom. The van der Waals surface area contributed by atoms with Gasteiger partial charge in [-0.2, -0.15) is 0 Å². The van der Waals surface area contributed by atoms with Crippen LogP contribution >= 0.6 is 0 Å². The topological polar surface area (TPSA) is 0 Å². The molecule has 0 aromatic carbocycles. The molecule has 76 valence electrons. The van der Waals surface area contributed by atoms with Gasteiger partial charge in [-0.25, -0.2) is 0 Å². The normalized spacial score (nSPS) is 36.9. The molecule has 13 heavy (non-hydrogen) atoms. The predicted molar refractivity (Wildman–Crippen MR) is 57.8 cm³/mol. The molecule has 0 aromatic rings. The van der Waals surface area contributed by atoms with Gasteiger partial charge in [-0.05, 0) is 24.7 Å². The molecule has 0 aromatic heterocycles. The van der Waals surface area contributed by atoms with Gasteiger partial charge >= 0.3 is 0 Å². The molecule has 0 N–H and O–H groups in total. The van der Waals surface area contributed by atoms with E-state index in [-0.39, 0.29) is 0 Å². The minimum absolute atomic E-state index is 1.14. The van der Waals surface area contributed by atoms with Gasteiger partial charge in [-0.15, -0.1) is 0 Å². The molecule has 3 saturated carbocycles. The van der Waals surface area contributed by atoms with E-state index in [1.165, 1.54) is 44.9 Å². The summed E-state index contributed by atoms with van der Waals surface area (Å²) in [7, 11) is 0. The Balaban J connectivity index is 1.68. The number of fused-ring (bicyclic) bond motifs is 8. The van der Waals surface area contributed by atoms with Crippen LogP contribution < -0.4 is 0 Å². The minimum Gasteiger partial charge on any atom is -0.0533 e. The molecule has 3 aliphatic rings. The summed E-state index contributed by atoms with van der Waals surface area (Å²) >= 11 is 0. The van der Waals surface area contributed by atoms with Crippen molar-refractivity contribution in [3.8, 4) is 0 Å². The highest BCUT2D eigenvalue weighted by molar-refractivity contribution is 4.79. The Bertz CT molecular complexity index is 113. The quantitative estimate of drug-likeness (QED) is 0.513. The van der Waals surface area contributed by atoms with Crippen molar-refractivity contribution in [2.45, 2.75) is 70.6 Å². The lowest BCUT2D eigenvalue weighted by Crippen LogP contribution is -2.23. The standard InChI is InChI=1S/C13H24/c1-2-4-6-8-12-10-13(11-12)9-7-5-3-1/h12-13H,1-11H2. The van der Waals surface area contributed by atoms with Crippen molar-refractivity contribution in [2.75, 3.05) is 0 Å². The lowest BCUT2D eigenvalue weighted by atomic mass is 9.70. The van der Waals surface area contributed by atoms with Gasteiger partial charge in [0.1, 0.15) is 0 Å². The summed E-state index contributed by atoms with van der Waals surface area (Å²) in [5.41, 5.74) is 0. The van der Waals surface area contributed by atoms with Crippen LogP contribution in [0.1, 0.15) is 70.6 Å². The molecule has 0 aliphatic heterocycles. The summed E-state index contributed by atoms with van der Waals surface area (Å²) in [6.07, 6.45) is 16.9. The van der Waals surface area contributed by atoms with Gasteiger partial charge in [0, 0.05) is 0 Å². The Morgan fingerprint density at radius 1 is 0.462 bits per heavy atom. The second-order valence-electron chi connectivity index (χ2n) is 5.26. The first kappa shape index (κ1) is 9.55. The highest BCUT2D eigenvalue weighted by Crippen LogP contribution is 2.40. The van der Waals surface area contributed by atoms with Crippen molar-refractivity contribution in [1.82, 2.24) is 0 Å². The molecular weight excluding hydrogens is 156 g/mol. The number of hydrogen-bond acceptors (Lipinski definition) is 0. The van der Waals surface area contributed by atoms with Crippen LogP contribution in [0.25, 0.3) is 0 Å². The van der Waals surface area contributed by atoms with Crippen molar-refractivity contribution < 1.29 is 0 Å². The maximum absolute atomic E-state index is 1.58. The fraction of sp³-hybridized carbons (Fsp3) is 1.00. The summed E-state index contributed by atoms with van der Waals surface area (Å²) in [4.78, 5) is 0. The van der Waals surface area contributed by atoms with Gasteiger partial charge < -0.3 is 0 Å². The first-order valence-electron chi connectivity index (χ1n) is 6.45. The molecule has 0 saturated heterocycles. The molecule has 0 spiro atoms. The fourth-order valence-electron chi connectivity index (χ4n) is 3.10. The van der Waals surface area contributed by atoms with Crippen molar-refractivity contribution >= 4 is 0 Å². The average Bonchev–Trinajstić information content (AvgIpc) is 2.01. The number of rotatable bonds is 0. The van der Waals surface area contributed by atoms with Crippen LogP contribution in [0.5, 0.6) is 0 Å². The maximum atomic E-state index is 1.58. The van der Waals surface area contributed by atoms with E-state index >= 15 is 0 Å². The van der Waals surface area contributed by atoms with Gasteiger partial charge in [-0.1, -0.05) is 57.8 Å². The molecule has 0 heteroatoms. The maximum Gasteiger partial charge on any atom is -0.0409 e. The van der Waals surface area contributed by atoms with Crippen LogP contribution in [0.4, 0.5) is 0 Å². The van der Waals surface area contributed by atoms with Crippen molar-refractivity contribution in [2.24, 2.45) is 11.8 Å². The second kappa shape index (κ2) is 5.02. The zero-order chi connectivity index (χ0) is 8.93. The van der Waals surface area contributed by atoms with Crippen LogP contribution in [-0.2, 0) is 0 Å². The summed E-state index contributed by atoms with van der Waals surface area (Å²) in [5, 5.41) is 0. The molecule has 3 fully saturated rings. The Morgan fingerprint density at radius 3 is 1.31 bits per heavy atom. The van der Waals surface area contributed by atoms with Gasteiger partial charge in [0.25, 0.3) is 0 Å². The Labute approximate surface area is 83.1 Å². The summed E-state index contributed by atoms with van der Waals surface area (Å²) in [5.74, 6) is 2.29.